The number of hydrogen-bond donors (Lipinski definition) is 2. The van der Waals surface area contributed by atoms with E-state index in [1.165, 1.54) is 18.4 Å². The topological polar surface area (TPSA) is 104 Å². The first-order valence-electron chi connectivity index (χ1n) is 7.66. The molecule has 130 valence electrons. The van der Waals surface area contributed by atoms with Crippen LogP contribution < -0.4 is 5.32 Å². The molecule has 2 N–H and O–H groups in total. The van der Waals surface area contributed by atoms with E-state index >= 15 is 0 Å². The Hall–Kier alpha value is -1.45. The monoisotopic (exact) mass is 344 g/mol. The summed E-state index contributed by atoms with van der Waals surface area (Å²) in [6.07, 6.45) is 1.79. The molecule has 1 aliphatic rings. The number of carbonyl (C=O) groups is 1. The number of amides is 1. The molecule has 9 heteroatoms. The fourth-order valence-electron chi connectivity index (χ4n) is 2.46. The van der Waals surface area contributed by atoms with E-state index in [0.29, 0.717) is 18.9 Å². The Morgan fingerprint density at radius 2 is 2.22 bits per heavy atom. The first-order chi connectivity index (χ1) is 10.8. The maximum Gasteiger partial charge on any atom is 0.272 e. The van der Waals surface area contributed by atoms with Gasteiger partial charge in [0.2, 0.25) is 10.0 Å². The number of rotatable bonds is 7. The Morgan fingerprint density at radius 3 is 2.87 bits per heavy atom. The largest absolute Gasteiger partial charge is 0.379 e. The Bertz CT molecular complexity index is 641. The fraction of sp³-hybridized carbons (Fsp3) is 0.714. The summed E-state index contributed by atoms with van der Waals surface area (Å²) < 4.78 is 30.5. The molecule has 1 aromatic rings. The number of aromatic amines is 1. The van der Waals surface area contributed by atoms with Crippen LogP contribution in [0.4, 0.5) is 0 Å². The van der Waals surface area contributed by atoms with E-state index in [-0.39, 0.29) is 23.6 Å². The summed E-state index contributed by atoms with van der Waals surface area (Å²) in [5, 5.41) is 9.67. The molecule has 1 saturated heterocycles. The zero-order valence-electron chi connectivity index (χ0n) is 13.7. The maximum atomic E-state index is 12.3. The van der Waals surface area contributed by atoms with Gasteiger partial charge in [0, 0.05) is 25.7 Å². The average molecular weight is 344 g/mol. The van der Waals surface area contributed by atoms with Gasteiger partial charge in [-0.25, -0.2) is 12.7 Å². The van der Waals surface area contributed by atoms with Crippen LogP contribution in [0.3, 0.4) is 0 Å². The molecule has 0 bridgehead atoms. The number of ether oxygens (including phenoxy) is 1. The van der Waals surface area contributed by atoms with Gasteiger partial charge in [0.25, 0.3) is 5.91 Å². The number of H-pyrrole nitrogens is 1. The van der Waals surface area contributed by atoms with E-state index in [0.717, 1.165) is 18.5 Å². The SMILES string of the molecule is CCCc1cc(C(=O)N[C@H]2COC[C@H]2CS(=O)(=O)N(C)C)n[nH]1. The van der Waals surface area contributed by atoms with Gasteiger partial charge in [-0.2, -0.15) is 5.10 Å². The quantitative estimate of drug-likeness (QED) is 0.724. The van der Waals surface area contributed by atoms with Crippen molar-refractivity contribution in [1.82, 2.24) is 19.8 Å². The zero-order chi connectivity index (χ0) is 17.0. The molecule has 2 atom stereocenters. The van der Waals surface area contributed by atoms with Crippen LogP contribution in [-0.2, 0) is 21.2 Å². The van der Waals surface area contributed by atoms with Crippen molar-refractivity contribution in [3.8, 4) is 0 Å². The van der Waals surface area contributed by atoms with E-state index in [9.17, 15) is 13.2 Å². The third-order valence-corrected chi connectivity index (χ3v) is 5.84. The average Bonchev–Trinajstić information content (AvgIpc) is 3.09. The molecular formula is C14H24N4O4S. The van der Waals surface area contributed by atoms with Gasteiger partial charge in [0.15, 0.2) is 0 Å². The first kappa shape index (κ1) is 17.9. The summed E-state index contributed by atoms with van der Waals surface area (Å²) in [6.45, 7) is 2.68. The predicted molar refractivity (Wildman–Crippen MR) is 85.6 cm³/mol. The highest BCUT2D eigenvalue weighted by Gasteiger charge is 2.34. The van der Waals surface area contributed by atoms with E-state index in [1.54, 1.807) is 6.07 Å². The van der Waals surface area contributed by atoms with Gasteiger partial charge in [0.1, 0.15) is 5.69 Å². The summed E-state index contributed by atoms with van der Waals surface area (Å²) in [7, 11) is -0.342. The van der Waals surface area contributed by atoms with Crippen molar-refractivity contribution in [2.45, 2.75) is 25.8 Å². The lowest BCUT2D eigenvalue weighted by atomic mass is 10.1. The number of sulfonamides is 1. The number of nitrogens with one attached hydrogen (secondary N) is 2. The van der Waals surface area contributed by atoms with Gasteiger partial charge in [-0.05, 0) is 12.5 Å². The van der Waals surface area contributed by atoms with Crippen molar-refractivity contribution in [3.63, 3.8) is 0 Å². The molecule has 0 aromatic carbocycles. The molecule has 0 saturated carbocycles. The predicted octanol–water partition coefficient (Wildman–Crippen LogP) is -0.00160. The lowest BCUT2D eigenvalue weighted by molar-refractivity contribution is 0.0921. The Morgan fingerprint density at radius 1 is 1.48 bits per heavy atom. The summed E-state index contributed by atoms with van der Waals surface area (Å²) in [6, 6.07) is 1.39. The normalized spacial score (nSPS) is 21.7. The molecule has 0 radical (unpaired) electrons. The van der Waals surface area contributed by atoms with Crippen molar-refractivity contribution in [2.75, 3.05) is 33.1 Å². The van der Waals surface area contributed by atoms with E-state index < -0.39 is 10.0 Å². The minimum Gasteiger partial charge on any atom is -0.379 e. The van der Waals surface area contributed by atoms with Crippen LogP contribution in [0.1, 0.15) is 29.5 Å². The molecule has 1 aromatic heterocycles. The van der Waals surface area contributed by atoms with Crippen molar-refractivity contribution in [1.29, 1.82) is 0 Å². The van der Waals surface area contributed by atoms with Gasteiger partial charge < -0.3 is 10.1 Å². The van der Waals surface area contributed by atoms with Crippen molar-refractivity contribution < 1.29 is 17.9 Å². The molecule has 0 aliphatic carbocycles. The fourth-order valence-corrected chi connectivity index (χ4v) is 3.63. The molecule has 8 nitrogen and oxygen atoms in total. The van der Waals surface area contributed by atoms with Gasteiger partial charge in [-0.1, -0.05) is 13.3 Å². The van der Waals surface area contributed by atoms with Crippen LogP contribution in [0.5, 0.6) is 0 Å². The highest BCUT2D eigenvalue weighted by atomic mass is 32.2. The summed E-state index contributed by atoms with van der Waals surface area (Å²) >= 11 is 0. The lowest BCUT2D eigenvalue weighted by Gasteiger charge is -2.20. The summed E-state index contributed by atoms with van der Waals surface area (Å²) in [4.78, 5) is 12.3. The van der Waals surface area contributed by atoms with Crippen molar-refractivity contribution in [3.05, 3.63) is 17.5 Å². The minimum atomic E-state index is -3.34. The molecule has 23 heavy (non-hydrogen) atoms. The summed E-state index contributed by atoms with van der Waals surface area (Å²) in [5.74, 6) is -0.626. The number of carbonyl (C=O) groups excluding carboxylic acids is 1. The first-order valence-corrected chi connectivity index (χ1v) is 9.27. The van der Waals surface area contributed by atoms with Gasteiger partial charge in [0.05, 0.1) is 25.0 Å². The maximum absolute atomic E-state index is 12.3. The second kappa shape index (κ2) is 7.41. The Balaban J connectivity index is 1.99. The van der Waals surface area contributed by atoms with Crippen LogP contribution in [0, 0.1) is 5.92 Å². The zero-order valence-corrected chi connectivity index (χ0v) is 14.5. The van der Waals surface area contributed by atoms with Crippen molar-refractivity contribution >= 4 is 15.9 Å². The standard InChI is InChI=1S/C14H24N4O4S/c1-4-5-11-6-12(17-16-11)14(19)15-13-8-22-7-10(13)9-23(20,21)18(2)3/h6,10,13H,4-5,7-9H2,1-3H3,(H,15,19)(H,16,17)/t10-,13-/m0/s1. The van der Waals surface area contributed by atoms with Crippen LogP contribution in [0.15, 0.2) is 6.07 Å². The molecular weight excluding hydrogens is 320 g/mol. The summed E-state index contributed by atoms with van der Waals surface area (Å²) in [5.41, 5.74) is 1.22. The minimum absolute atomic E-state index is 0.0490. The number of aromatic nitrogens is 2. The van der Waals surface area contributed by atoms with E-state index in [4.69, 9.17) is 4.74 Å². The third kappa shape index (κ3) is 4.52. The number of aryl methyl sites for hydroxylation is 1. The van der Waals surface area contributed by atoms with Crippen LogP contribution in [0.25, 0.3) is 0 Å². The molecule has 2 heterocycles. The number of hydrogen-bond acceptors (Lipinski definition) is 5. The van der Waals surface area contributed by atoms with E-state index in [1.807, 2.05) is 6.92 Å². The second-order valence-corrected chi connectivity index (χ2v) is 8.19. The Kier molecular flexibility index (Phi) is 5.77. The highest BCUT2D eigenvalue weighted by molar-refractivity contribution is 7.89. The number of nitrogens with zero attached hydrogens (tertiary/aromatic N) is 2. The van der Waals surface area contributed by atoms with Gasteiger partial charge in [-0.3, -0.25) is 9.89 Å². The van der Waals surface area contributed by atoms with Crippen molar-refractivity contribution in [2.24, 2.45) is 5.92 Å². The molecule has 1 aliphatic heterocycles. The molecule has 0 spiro atoms. The van der Waals surface area contributed by atoms with Crippen LogP contribution in [-0.4, -0.2) is 67.9 Å². The van der Waals surface area contributed by atoms with E-state index in [2.05, 4.69) is 15.5 Å². The Labute approximate surface area is 136 Å². The van der Waals surface area contributed by atoms with Gasteiger partial charge >= 0.3 is 0 Å². The molecule has 1 fully saturated rings. The smallest absolute Gasteiger partial charge is 0.272 e. The van der Waals surface area contributed by atoms with Crippen LogP contribution in [0.2, 0.25) is 0 Å². The molecule has 0 unspecified atom stereocenters. The van der Waals surface area contributed by atoms with Crippen LogP contribution >= 0.6 is 0 Å². The third-order valence-electron chi connectivity index (χ3n) is 3.88. The molecule has 2 rings (SSSR count). The molecule has 1 amide bonds. The highest BCUT2D eigenvalue weighted by Crippen LogP contribution is 2.17. The van der Waals surface area contributed by atoms with Gasteiger partial charge in [-0.15, -0.1) is 0 Å². The lowest BCUT2D eigenvalue weighted by Crippen LogP contribution is -2.43. The second-order valence-electron chi connectivity index (χ2n) is 5.97.